The summed E-state index contributed by atoms with van der Waals surface area (Å²) in [6, 6.07) is 13.4. The Morgan fingerprint density at radius 1 is 1.19 bits per heavy atom. The monoisotopic (exact) mass is 359 g/mol. The average Bonchev–Trinajstić information content (AvgIpc) is 2.66. The van der Waals surface area contributed by atoms with E-state index >= 15 is 0 Å². The molecule has 1 amide bonds. The van der Waals surface area contributed by atoms with E-state index in [1.807, 2.05) is 31.2 Å². The largest absolute Gasteiger partial charge is 0.491 e. The molecule has 0 aromatic heterocycles. The minimum absolute atomic E-state index is 0.00497. The maximum absolute atomic E-state index is 12.9. The fraction of sp³-hybridized carbons (Fsp3) is 0.350. The number of carbonyl (C=O) groups excluding carboxylic acids is 1. The lowest BCUT2D eigenvalue weighted by atomic mass is 10.2. The van der Waals surface area contributed by atoms with E-state index in [1.165, 1.54) is 12.1 Å². The number of nitrogens with zero attached hydrogens (tertiary/aromatic N) is 1. The summed E-state index contributed by atoms with van der Waals surface area (Å²) < 4.78 is 29.7. The molecule has 0 aliphatic carbocycles. The van der Waals surface area contributed by atoms with Gasteiger partial charge in [0.2, 0.25) is 0 Å². The summed E-state index contributed by atoms with van der Waals surface area (Å²) in [4.78, 5) is 14.1. The van der Waals surface area contributed by atoms with Gasteiger partial charge in [0, 0.05) is 6.54 Å². The molecule has 26 heavy (non-hydrogen) atoms. The molecule has 1 saturated heterocycles. The Labute approximate surface area is 152 Å². The molecule has 2 aromatic carbocycles. The van der Waals surface area contributed by atoms with Gasteiger partial charge in [-0.05, 0) is 48.9 Å². The molecule has 0 saturated carbocycles. The van der Waals surface area contributed by atoms with Crippen LogP contribution in [0.5, 0.6) is 11.5 Å². The highest BCUT2D eigenvalue weighted by molar-refractivity contribution is 5.77. The molecule has 3 rings (SSSR count). The van der Waals surface area contributed by atoms with Crippen molar-refractivity contribution in [2.24, 2.45) is 0 Å². The fourth-order valence-electron chi connectivity index (χ4n) is 2.71. The number of rotatable bonds is 6. The highest BCUT2D eigenvalue weighted by atomic mass is 19.1. The van der Waals surface area contributed by atoms with Crippen molar-refractivity contribution in [1.82, 2.24) is 4.90 Å². The Bertz CT molecular complexity index is 735. The van der Waals surface area contributed by atoms with Gasteiger partial charge in [-0.2, -0.15) is 0 Å². The fourth-order valence-corrected chi connectivity index (χ4v) is 2.71. The van der Waals surface area contributed by atoms with Crippen molar-refractivity contribution >= 4 is 5.91 Å². The molecule has 1 fully saturated rings. The van der Waals surface area contributed by atoms with Gasteiger partial charge in [0.25, 0.3) is 5.91 Å². The number of hydrogen-bond donors (Lipinski definition) is 0. The minimum Gasteiger partial charge on any atom is -0.491 e. The molecule has 0 unspecified atom stereocenters. The normalized spacial score (nSPS) is 17.0. The zero-order chi connectivity index (χ0) is 18.4. The quantitative estimate of drug-likeness (QED) is 0.796. The molecule has 2 aromatic rings. The van der Waals surface area contributed by atoms with E-state index in [0.29, 0.717) is 37.8 Å². The van der Waals surface area contributed by atoms with E-state index in [-0.39, 0.29) is 24.4 Å². The van der Waals surface area contributed by atoms with Crippen molar-refractivity contribution in [2.45, 2.75) is 13.0 Å². The Hall–Kier alpha value is -2.60. The highest BCUT2D eigenvalue weighted by Crippen LogP contribution is 2.15. The second-order valence-corrected chi connectivity index (χ2v) is 6.20. The third kappa shape index (κ3) is 5.20. The van der Waals surface area contributed by atoms with Crippen LogP contribution in [-0.4, -0.2) is 49.8 Å². The van der Waals surface area contributed by atoms with Gasteiger partial charge in [0.05, 0.1) is 13.2 Å². The second-order valence-electron chi connectivity index (χ2n) is 6.20. The number of amides is 1. The molecule has 138 valence electrons. The Morgan fingerprint density at radius 2 is 2.00 bits per heavy atom. The number of morpholine rings is 1. The van der Waals surface area contributed by atoms with Gasteiger partial charge in [0.15, 0.2) is 6.61 Å². The van der Waals surface area contributed by atoms with Gasteiger partial charge in [-0.15, -0.1) is 0 Å². The topological polar surface area (TPSA) is 48.0 Å². The van der Waals surface area contributed by atoms with Crippen LogP contribution in [0, 0.1) is 12.7 Å². The smallest absolute Gasteiger partial charge is 0.260 e. The number of ether oxygens (including phenoxy) is 3. The predicted octanol–water partition coefficient (Wildman–Crippen LogP) is 2.82. The van der Waals surface area contributed by atoms with Crippen LogP contribution in [0.4, 0.5) is 4.39 Å². The molecule has 0 bridgehead atoms. The summed E-state index contributed by atoms with van der Waals surface area (Å²) in [5.74, 6) is 0.863. The Balaban J connectivity index is 1.46. The molecule has 0 radical (unpaired) electrons. The molecule has 1 aliphatic rings. The van der Waals surface area contributed by atoms with Crippen molar-refractivity contribution in [2.75, 3.05) is 32.9 Å². The third-order valence-electron chi connectivity index (χ3n) is 4.09. The Morgan fingerprint density at radius 3 is 2.77 bits per heavy atom. The molecule has 1 atom stereocenters. The molecule has 6 heteroatoms. The standard InChI is InChI=1S/C20H22FNO4/c1-15-3-2-4-18(11-15)26-14-20(23)22-9-10-24-19(12-22)13-25-17-7-5-16(21)6-8-17/h2-8,11,19H,9-10,12-14H2,1H3/t19-/m0/s1. The Kier molecular flexibility index (Phi) is 6.07. The van der Waals surface area contributed by atoms with E-state index in [1.54, 1.807) is 17.0 Å². The van der Waals surface area contributed by atoms with Crippen molar-refractivity contribution in [1.29, 1.82) is 0 Å². The van der Waals surface area contributed by atoms with E-state index in [0.717, 1.165) is 5.56 Å². The first kappa shape index (κ1) is 18.2. The molecular formula is C20H22FNO4. The lowest BCUT2D eigenvalue weighted by Crippen LogP contribution is -2.49. The second kappa shape index (κ2) is 8.67. The SMILES string of the molecule is Cc1cccc(OCC(=O)N2CCO[C@H](COc3ccc(F)cc3)C2)c1. The summed E-state index contributed by atoms with van der Waals surface area (Å²) in [5.41, 5.74) is 1.08. The zero-order valence-corrected chi connectivity index (χ0v) is 14.7. The highest BCUT2D eigenvalue weighted by Gasteiger charge is 2.25. The number of benzene rings is 2. The zero-order valence-electron chi connectivity index (χ0n) is 14.7. The minimum atomic E-state index is -0.309. The van der Waals surface area contributed by atoms with Crippen molar-refractivity contribution in [3.8, 4) is 11.5 Å². The first-order valence-electron chi connectivity index (χ1n) is 8.57. The van der Waals surface area contributed by atoms with Gasteiger partial charge < -0.3 is 19.1 Å². The number of halogens is 1. The van der Waals surface area contributed by atoms with Crippen LogP contribution in [0.3, 0.4) is 0 Å². The van der Waals surface area contributed by atoms with E-state index in [2.05, 4.69) is 0 Å². The first-order chi connectivity index (χ1) is 12.6. The molecule has 5 nitrogen and oxygen atoms in total. The van der Waals surface area contributed by atoms with Crippen LogP contribution in [0.25, 0.3) is 0 Å². The van der Waals surface area contributed by atoms with Crippen LogP contribution in [-0.2, 0) is 9.53 Å². The van der Waals surface area contributed by atoms with Crippen molar-refractivity contribution in [3.05, 3.63) is 59.9 Å². The maximum atomic E-state index is 12.9. The first-order valence-corrected chi connectivity index (χ1v) is 8.57. The van der Waals surface area contributed by atoms with Gasteiger partial charge in [0.1, 0.15) is 30.0 Å². The summed E-state index contributed by atoms with van der Waals surface area (Å²) >= 11 is 0. The molecular weight excluding hydrogens is 337 g/mol. The number of carbonyl (C=O) groups is 1. The van der Waals surface area contributed by atoms with Crippen LogP contribution in [0.15, 0.2) is 48.5 Å². The molecule has 0 spiro atoms. The van der Waals surface area contributed by atoms with Crippen LogP contribution >= 0.6 is 0 Å². The summed E-state index contributed by atoms with van der Waals surface area (Å²) in [6.07, 6.45) is -0.225. The lowest BCUT2D eigenvalue weighted by molar-refractivity contribution is -0.142. The van der Waals surface area contributed by atoms with Crippen LogP contribution in [0.1, 0.15) is 5.56 Å². The van der Waals surface area contributed by atoms with Crippen molar-refractivity contribution < 1.29 is 23.4 Å². The maximum Gasteiger partial charge on any atom is 0.260 e. The summed E-state index contributed by atoms with van der Waals surface area (Å²) in [5, 5.41) is 0. The summed E-state index contributed by atoms with van der Waals surface area (Å²) in [7, 11) is 0. The van der Waals surface area contributed by atoms with E-state index < -0.39 is 0 Å². The van der Waals surface area contributed by atoms with E-state index in [9.17, 15) is 9.18 Å². The van der Waals surface area contributed by atoms with E-state index in [4.69, 9.17) is 14.2 Å². The molecule has 0 N–H and O–H groups in total. The lowest BCUT2D eigenvalue weighted by Gasteiger charge is -2.32. The predicted molar refractivity (Wildman–Crippen MR) is 94.9 cm³/mol. The molecule has 1 aliphatic heterocycles. The third-order valence-corrected chi connectivity index (χ3v) is 4.09. The van der Waals surface area contributed by atoms with Gasteiger partial charge in [-0.3, -0.25) is 4.79 Å². The van der Waals surface area contributed by atoms with Crippen molar-refractivity contribution in [3.63, 3.8) is 0 Å². The van der Waals surface area contributed by atoms with Crippen LogP contribution in [0.2, 0.25) is 0 Å². The van der Waals surface area contributed by atoms with Gasteiger partial charge >= 0.3 is 0 Å². The summed E-state index contributed by atoms with van der Waals surface area (Å²) in [6.45, 7) is 3.69. The number of aryl methyl sites for hydroxylation is 1. The van der Waals surface area contributed by atoms with Gasteiger partial charge in [-0.1, -0.05) is 12.1 Å². The molecule has 1 heterocycles. The number of hydrogen-bond acceptors (Lipinski definition) is 4. The average molecular weight is 359 g/mol. The van der Waals surface area contributed by atoms with Gasteiger partial charge in [-0.25, -0.2) is 4.39 Å². The van der Waals surface area contributed by atoms with Crippen LogP contribution < -0.4 is 9.47 Å².